The summed E-state index contributed by atoms with van der Waals surface area (Å²) in [7, 11) is 1.44. The van der Waals surface area contributed by atoms with E-state index in [1.165, 1.54) is 38.0 Å². The predicted octanol–water partition coefficient (Wildman–Crippen LogP) is 4.63. The first kappa shape index (κ1) is 20.4. The largest absolute Gasteiger partial charge is 0.373 e. The molecule has 1 aromatic carbocycles. The molecule has 0 amide bonds. The third kappa shape index (κ3) is 3.36. The molecule has 4 rings (SSSR count). The van der Waals surface area contributed by atoms with E-state index in [1.807, 2.05) is 0 Å². The predicted molar refractivity (Wildman–Crippen MR) is 112 cm³/mol. The Morgan fingerprint density at radius 1 is 1.23 bits per heavy atom. The zero-order valence-electron chi connectivity index (χ0n) is 16.6. The van der Waals surface area contributed by atoms with Crippen molar-refractivity contribution in [3.8, 4) is 0 Å². The Morgan fingerprint density at radius 3 is 2.67 bits per heavy atom. The highest BCUT2D eigenvalue weighted by molar-refractivity contribution is 6.33. The number of hydrogen-bond donors (Lipinski definition) is 2. The van der Waals surface area contributed by atoms with E-state index < -0.39 is 17.8 Å². The van der Waals surface area contributed by atoms with Crippen molar-refractivity contribution in [1.82, 2.24) is 19.9 Å². The Balaban J connectivity index is 1.74. The lowest BCUT2D eigenvalue weighted by molar-refractivity contribution is 0.0178. The van der Waals surface area contributed by atoms with Crippen molar-refractivity contribution in [3.63, 3.8) is 0 Å². The number of allylic oxidation sites excluding steroid dienone is 2. The standard InChI is InChI=1S/C21H20ClF2N5O/c1-11-15(22)8-21(24,18(30-3)16(11)13-4-6-14(23)7-5-13)12(2)29-20-17-19(26-9-25-17)27-10-28-20/h4-10,12,18H,1-3H3,(H2,25,26,27,28,29). The summed E-state index contributed by atoms with van der Waals surface area (Å²) in [6.45, 7) is 3.47. The Kier molecular flexibility index (Phi) is 5.29. The second-order valence-corrected chi connectivity index (χ2v) is 7.58. The molecule has 0 aliphatic heterocycles. The van der Waals surface area contributed by atoms with Gasteiger partial charge in [-0.2, -0.15) is 0 Å². The highest BCUT2D eigenvalue weighted by Gasteiger charge is 2.48. The second-order valence-electron chi connectivity index (χ2n) is 7.17. The molecule has 9 heteroatoms. The molecule has 3 aromatic rings. The van der Waals surface area contributed by atoms with Crippen molar-refractivity contribution in [2.24, 2.45) is 0 Å². The van der Waals surface area contributed by atoms with Crippen molar-refractivity contribution in [2.45, 2.75) is 31.7 Å². The van der Waals surface area contributed by atoms with Crippen molar-refractivity contribution in [2.75, 3.05) is 12.4 Å². The molecule has 0 saturated heterocycles. The highest BCUT2D eigenvalue weighted by Crippen LogP contribution is 2.44. The quantitative estimate of drug-likeness (QED) is 0.616. The summed E-state index contributed by atoms with van der Waals surface area (Å²) in [4.78, 5) is 15.3. The maximum Gasteiger partial charge on any atom is 0.182 e. The number of nitrogens with zero attached hydrogens (tertiary/aromatic N) is 3. The highest BCUT2D eigenvalue weighted by atomic mass is 35.5. The number of ether oxygens (including phenoxy) is 1. The van der Waals surface area contributed by atoms with Gasteiger partial charge in [-0.15, -0.1) is 0 Å². The smallest absolute Gasteiger partial charge is 0.182 e. The van der Waals surface area contributed by atoms with E-state index in [-0.39, 0.29) is 10.8 Å². The van der Waals surface area contributed by atoms with E-state index in [0.717, 1.165) is 0 Å². The van der Waals surface area contributed by atoms with E-state index in [9.17, 15) is 4.39 Å². The topological polar surface area (TPSA) is 75.7 Å². The fourth-order valence-corrected chi connectivity index (χ4v) is 4.03. The first-order valence-corrected chi connectivity index (χ1v) is 9.70. The van der Waals surface area contributed by atoms with Crippen LogP contribution in [0.3, 0.4) is 0 Å². The molecule has 0 spiro atoms. The molecule has 2 N–H and O–H groups in total. The van der Waals surface area contributed by atoms with Crippen molar-refractivity contribution >= 4 is 34.2 Å². The fourth-order valence-electron chi connectivity index (χ4n) is 3.76. The van der Waals surface area contributed by atoms with Crippen LogP contribution in [0.5, 0.6) is 0 Å². The van der Waals surface area contributed by atoms with Crippen molar-refractivity contribution in [1.29, 1.82) is 0 Å². The Bertz CT molecular complexity index is 1140. The molecular formula is C21H20ClF2N5O. The zero-order chi connectivity index (χ0) is 21.5. The van der Waals surface area contributed by atoms with E-state index in [1.54, 1.807) is 26.0 Å². The number of anilines is 1. The molecule has 3 unspecified atom stereocenters. The fraction of sp³-hybridized carbons (Fsp3) is 0.286. The number of rotatable bonds is 5. The van der Waals surface area contributed by atoms with Gasteiger partial charge in [-0.3, -0.25) is 0 Å². The number of aromatic nitrogens is 4. The van der Waals surface area contributed by atoms with Gasteiger partial charge in [0.2, 0.25) is 0 Å². The third-order valence-electron chi connectivity index (χ3n) is 5.41. The normalized spacial score (nSPS) is 22.9. The third-order valence-corrected chi connectivity index (χ3v) is 5.80. The summed E-state index contributed by atoms with van der Waals surface area (Å²) in [6, 6.07) is 5.04. The van der Waals surface area contributed by atoms with Gasteiger partial charge in [-0.25, -0.2) is 23.7 Å². The van der Waals surface area contributed by atoms with Crippen LogP contribution in [0.2, 0.25) is 0 Å². The molecule has 30 heavy (non-hydrogen) atoms. The summed E-state index contributed by atoms with van der Waals surface area (Å²) >= 11 is 6.44. The lowest BCUT2D eigenvalue weighted by Gasteiger charge is -2.40. The van der Waals surface area contributed by atoms with Crippen LogP contribution < -0.4 is 5.32 Å². The number of imidazole rings is 1. The molecule has 0 fully saturated rings. The molecule has 2 aromatic heterocycles. The number of halogens is 3. The maximum absolute atomic E-state index is 16.6. The van der Waals surface area contributed by atoms with Gasteiger partial charge in [-0.1, -0.05) is 23.7 Å². The van der Waals surface area contributed by atoms with Crippen LogP contribution in [0, 0.1) is 5.82 Å². The van der Waals surface area contributed by atoms with Gasteiger partial charge in [0, 0.05) is 12.1 Å². The number of aromatic amines is 1. The average Bonchev–Trinajstić information content (AvgIpc) is 3.21. The molecule has 6 nitrogen and oxygen atoms in total. The average molecular weight is 432 g/mol. The molecule has 156 valence electrons. The Labute approximate surface area is 177 Å². The summed E-state index contributed by atoms with van der Waals surface area (Å²) < 4.78 is 35.6. The number of benzene rings is 1. The Hall–Kier alpha value is -2.84. The molecule has 0 radical (unpaired) electrons. The van der Waals surface area contributed by atoms with Crippen molar-refractivity contribution in [3.05, 3.63) is 65.0 Å². The minimum atomic E-state index is -2.02. The molecule has 0 bridgehead atoms. The van der Waals surface area contributed by atoms with Crippen LogP contribution >= 0.6 is 11.6 Å². The minimum absolute atomic E-state index is 0.271. The first-order chi connectivity index (χ1) is 14.3. The van der Waals surface area contributed by atoms with Crippen LogP contribution in [0.25, 0.3) is 16.7 Å². The molecular weight excluding hydrogens is 412 g/mol. The van der Waals surface area contributed by atoms with Gasteiger partial charge >= 0.3 is 0 Å². The van der Waals surface area contributed by atoms with E-state index in [2.05, 4.69) is 25.3 Å². The summed E-state index contributed by atoms with van der Waals surface area (Å²) in [5, 5.41) is 3.37. The number of H-pyrrole nitrogens is 1. The van der Waals surface area contributed by atoms with E-state index in [4.69, 9.17) is 16.3 Å². The minimum Gasteiger partial charge on any atom is -0.373 e. The number of hydrogen-bond acceptors (Lipinski definition) is 5. The number of alkyl halides is 1. The number of nitrogens with one attached hydrogen (secondary N) is 2. The van der Waals surface area contributed by atoms with Gasteiger partial charge in [0.05, 0.1) is 12.4 Å². The summed E-state index contributed by atoms with van der Waals surface area (Å²) in [6.07, 6.45) is 3.23. The van der Waals surface area contributed by atoms with Crippen LogP contribution in [0.15, 0.2) is 53.6 Å². The van der Waals surface area contributed by atoms with Crippen LogP contribution in [-0.4, -0.2) is 44.9 Å². The molecule has 2 heterocycles. The molecule has 0 saturated carbocycles. The first-order valence-electron chi connectivity index (χ1n) is 9.33. The SMILES string of the molecule is COC1C(c2ccc(F)cc2)=C(C)C(Cl)=CC1(F)C(C)Nc1ncnc2nc[nH]c12. The van der Waals surface area contributed by atoms with E-state index in [0.29, 0.717) is 33.7 Å². The molecule has 1 aliphatic carbocycles. The van der Waals surface area contributed by atoms with Crippen molar-refractivity contribution < 1.29 is 13.5 Å². The van der Waals surface area contributed by atoms with Gasteiger partial charge in [0.1, 0.15) is 23.8 Å². The zero-order valence-corrected chi connectivity index (χ0v) is 17.3. The number of methoxy groups -OCH3 is 1. The van der Waals surface area contributed by atoms with E-state index >= 15 is 4.39 Å². The van der Waals surface area contributed by atoms with Gasteiger partial charge in [0.25, 0.3) is 0 Å². The summed E-state index contributed by atoms with van der Waals surface area (Å²) in [5.74, 6) is 0.0355. The second kappa shape index (κ2) is 7.77. The van der Waals surface area contributed by atoms with Crippen LogP contribution in [0.1, 0.15) is 19.4 Å². The monoisotopic (exact) mass is 431 g/mol. The van der Waals surface area contributed by atoms with Crippen LogP contribution in [0.4, 0.5) is 14.6 Å². The van der Waals surface area contributed by atoms with Gasteiger partial charge in [-0.05, 0) is 48.8 Å². The lowest BCUT2D eigenvalue weighted by Crippen LogP contribution is -2.52. The van der Waals surface area contributed by atoms with Gasteiger partial charge < -0.3 is 15.0 Å². The molecule has 3 atom stereocenters. The summed E-state index contributed by atoms with van der Waals surface area (Å²) in [5.41, 5.74) is 0.893. The Morgan fingerprint density at radius 2 is 1.97 bits per heavy atom. The van der Waals surface area contributed by atoms with Crippen LogP contribution in [-0.2, 0) is 4.74 Å². The maximum atomic E-state index is 16.6. The lowest BCUT2D eigenvalue weighted by atomic mass is 9.77. The molecule has 1 aliphatic rings. The van der Waals surface area contributed by atoms with Gasteiger partial charge in [0.15, 0.2) is 17.1 Å². The number of fused-ring (bicyclic) bond motifs is 1.